The lowest BCUT2D eigenvalue weighted by Crippen LogP contribution is -2.51. The highest BCUT2D eigenvalue weighted by molar-refractivity contribution is 6.31. The Bertz CT molecular complexity index is 539. The highest BCUT2D eigenvalue weighted by Gasteiger charge is 2.27. The maximum Gasteiger partial charge on any atom is 0.328 e. The van der Waals surface area contributed by atoms with Crippen LogP contribution in [0.1, 0.15) is 12.5 Å². The molecule has 0 spiro atoms. The van der Waals surface area contributed by atoms with E-state index in [1.807, 2.05) is 17.6 Å². The molecule has 0 unspecified atom stereocenters. The van der Waals surface area contributed by atoms with Gasteiger partial charge < -0.3 is 4.74 Å². The quantitative estimate of drug-likeness (QED) is 0.623. The van der Waals surface area contributed by atoms with Crippen molar-refractivity contribution in [1.82, 2.24) is 10.6 Å². The summed E-state index contributed by atoms with van der Waals surface area (Å²) < 4.78 is 5.28. The van der Waals surface area contributed by atoms with Crippen LogP contribution in [0, 0.1) is 0 Å². The molecule has 6 heteroatoms. The maximum atomic E-state index is 11.5. The first-order valence-corrected chi connectivity index (χ1v) is 5.71. The molecule has 1 heterocycles. The minimum absolute atomic E-state index is 0.108. The van der Waals surface area contributed by atoms with Crippen LogP contribution < -0.4 is 15.4 Å². The fraction of sp³-hybridized carbons (Fsp3) is 0.154. The number of amides is 4. The molecule has 2 N–H and O–H groups in total. The number of barbiturate groups is 1. The third-order valence-corrected chi connectivity index (χ3v) is 2.45. The first kappa shape index (κ1) is 12.8. The first-order chi connectivity index (χ1) is 9.10. The zero-order valence-electron chi connectivity index (χ0n) is 10.2. The molecule has 4 amide bonds. The summed E-state index contributed by atoms with van der Waals surface area (Å²) in [5, 5.41) is 4.02. The van der Waals surface area contributed by atoms with Crippen LogP contribution >= 0.6 is 0 Å². The van der Waals surface area contributed by atoms with E-state index in [2.05, 4.69) is 0 Å². The molecule has 2 rings (SSSR count). The Kier molecular flexibility index (Phi) is 3.61. The summed E-state index contributed by atoms with van der Waals surface area (Å²) in [7, 11) is 0. The summed E-state index contributed by atoms with van der Waals surface area (Å²) in [4.78, 5) is 33.9. The van der Waals surface area contributed by atoms with E-state index < -0.39 is 17.8 Å². The van der Waals surface area contributed by atoms with Crippen molar-refractivity contribution in [2.24, 2.45) is 0 Å². The molecule has 0 aliphatic carbocycles. The van der Waals surface area contributed by atoms with Crippen molar-refractivity contribution >= 4 is 23.9 Å². The van der Waals surface area contributed by atoms with Gasteiger partial charge in [-0.3, -0.25) is 20.2 Å². The third-order valence-electron chi connectivity index (χ3n) is 2.45. The van der Waals surface area contributed by atoms with Crippen LogP contribution in [-0.2, 0) is 9.59 Å². The zero-order chi connectivity index (χ0) is 13.8. The fourth-order valence-electron chi connectivity index (χ4n) is 1.60. The zero-order valence-corrected chi connectivity index (χ0v) is 10.2. The molecule has 1 fully saturated rings. The van der Waals surface area contributed by atoms with Gasteiger partial charge in [0.1, 0.15) is 11.3 Å². The lowest BCUT2D eigenvalue weighted by Gasteiger charge is -2.13. The van der Waals surface area contributed by atoms with Gasteiger partial charge in [-0.2, -0.15) is 0 Å². The second-order valence-corrected chi connectivity index (χ2v) is 3.80. The fourth-order valence-corrected chi connectivity index (χ4v) is 1.60. The molecule has 1 aromatic rings. The molecular formula is C13H12N2O4. The van der Waals surface area contributed by atoms with Crippen LogP contribution in [-0.4, -0.2) is 24.5 Å². The Morgan fingerprint density at radius 3 is 2.16 bits per heavy atom. The predicted molar refractivity (Wildman–Crippen MR) is 67.3 cm³/mol. The topological polar surface area (TPSA) is 84.5 Å². The van der Waals surface area contributed by atoms with Crippen molar-refractivity contribution in [2.75, 3.05) is 6.61 Å². The van der Waals surface area contributed by atoms with Gasteiger partial charge in [-0.15, -0.1) is 0 Å². The van der Waals surface area contributed by atoms with Crippen LogP contribution in [0.3, 0.4) is 0 Å². The predicted octanol–water partition coefficient (Wildman–Crippen LogP) is 0.835. The van der Waals surface area contributed by atoms with E-state index in [9.17, 15) is 14.4 Å². The Morgan fingerprint density at radius 2 is 1.63 bits per heavy atom. The molecular weight excluding hydrogens is 248 g/mol. The number of imide groups is 2. The number of urea groups is 1. The minimum atomic E-state index is -0.807. The molecule has 19 heavy (non-hydrogen) atoms. The molecule has 0 atom stereocenters. The highest BCUT2D eigenvalue weighted by Crippen LogP contribution is 2.15. The Hall–Kier alpha value is -2.63. The number of carbonyl (C=O) groups is 3. The average molecular weight is 260 g/mol. The van der Waals surface area contributed by atoms with E-state index in [1.54, 1.807) is 24.3 Å². The summed E-state index contributed by atoms with van der Waals surface area (Å²) in [5.41, 5.74) is 0.557. The monoisotopic (exact) mass is 260 g/mol. The van der Waals surface area contributed by atoms with Crippen molar-refractivity contribution < 1.29 is 19.1 Å². The van der Waals surface area contributed by atoms with Crippen molar-refractivity contribution in [3.8, 4) is 5.75 Å². The standard InChI is InChI=1S/C13H12N2O4/c1-2-19-9-5-3-8(4-6-9)7-10-11(16)14-13(18)15-12(10)17/h3-7H,2H2,1H3,(H2,14,15,16,17,18). The van der Waals surface area contributed by atoms with Crippen LogP contribution in [0.2, 0.25) is 0 Å². The second-order valence-electron chi connectivity index (χ2n) is 3.80. The summed E-state index contributed by atoms with van der Waals surface area (Å²) in [6.07, 6.45) is 1.41. The van der Waals surface area contributed by atoms with Crippen molar-refractivity contribution in [3.63, 3.8) is 0 Å². The highest BCUT2D eigenvalue weighted by atomic mass is 16.5. The number of nitrogens with one attached hydrogen (secondary N) is 2. The number of benzene rings is 1. The largest absolute Gasteiger partial charge is 0.494 e. The van der Waals surface area contributed by atoms with Gasteiger partial charge in [-0.25, -0.2) is 4.79 Å². The van der Waals surface area contributed by atoms with Gasteiger partial charge in [0.2, 0.25) is 0 Å². The SMILES string of the molecule is CCOc1ccc(C=C2C(=O)NC(=O)NC2=O)cc1. The molecule has 0 saturated carbocycles. The summed E-state index contributed by atoms with van der Waals surface area (Å²) >= 11 is 0. The maximum absolute atomic E-state index is 11.5. The molecule has 98 valence electrons. The molecule has 1 aliphatic rings. The summed E-state index contributed by atoms with van der Waals surface area (Å²) in [5.74, 6) is -0.706. The number of ether oxygens (including phenoxy) is 1. The summed E-state index contributed by atoms with van der Waals surface area (Å²) in [6.45, 7) is 2.44. The Labute approximate surface area is 109 Å². The van der Waals surface area contributed by atoms with Gasteiger partial charge in [-0.05, 0) is 30.7 Å². The number of hydrogen-bond acceptors (Lipinski definition) is 4. The van der Waals surface area contributed by atoms with Crippen molar-refractivity contribution in [1.29, 1.82) is 0 Å². The molecule has 1 aliphatic heterocycles. The van der Waals surface area contributed by atoms with Gasteiger partial charge in [0.05, 0.1) is 6.61 Å². The van der Waals surface area contributed by atoms with E-state index >= 15 is 0 Å². The average Bonchev–Trinajstić information content (AvgIpc) is 2.36. The van der Waals surface area contributed by atoms with E-state index in [0.717, 1.165) is 0 Å². The van der Waals surface area contributed by atoms with E-state index in [1.165, 1.54) is 6.08 Å². The molecule has 0 bridgehead atoms. The molecule has 1 saturated heterocycles. The van der Waals surface area contributed by atoms with Crippen LogP contribution in [0.4, 0.5) is 4.79 Å². The Morgan fingerprint density at radius 1 is 1.05 bits per heavy atom. The number of hydrogen-bond donors (Lipinski definition) is 2. The first-order valence-electron chi connectivity index (χ1n) is 5.71. The van der Waals surface area contributed by atoms with Crippen LogP contribution in [0.25, 0.3) is 6.08 Å². The third kappa shape index (κ3) is 2.98. The molecule has 6 nitrogen and oxygen atoms in total. The van der Waals surface area contributed by atoms with E-state index in [0.29, 0.717) is 17.9 Å². The minimum Gasteiger partial charge on any atom is -0.494 e. The lowest BCUT2D eigenvalue weighted by atomic mass is 10.1. The summed E-state index contributed by atoms with van der Waals surface area (Å²) in [6, 6.07) is 6.10. The molecule has 0 radical (unpaired) electrons. The van der Waals surface area contributed by atoms with Crippen molar-refractivity contribution in [3.05, 3.63) is 35.4 Å². The normalized spacial score (nSPS) is 14.8. The van der Waals surface area contributed by atoms with Crippen molar-refractivity contribution in [2.45, 2.75) is 6.92 Å². The van der Waals surface area contributed by atoms with E-state index in [-0.39, 0.29) is 5.57 Å². The smallest absolute Gasteiger partial charge is 0.328 e. The second kappa shape index (κ2) is 5.34. The van der Waals surface area contributed by atoms with Gasteiger partial charge in [0, 0.05) is 0 Å². The lowest BCUT2D eigenvalue weighted by molar-refractivity contribution is -0.123. The van der Waals surface area contributed by atoms with Gasteiger partial charge >= 0.3 is 6.03 Å². The van der Waals surface area contributed by atoms with Crippen LogP contribution in [0.15, 0.2) is 29.8 Å². The van der Waals surface area contributed by atoms with E-state index in [4.69, 9.17) is 4.74 Å². The molecule has 1 aromatic carbocycles. The van der Waals surface area contributed by atoms with Crippen LogP contribution in [0.5, 0.6) is 5.75 Å². The Balaban J connectivity index is 2.22. The van der Waals surface area contributed by atoms with Gasteiger partial charge in [0.15, 0.2) is 0 Å². The number of carbonyl (C=O) groups excluding carboxylic acids is 3. The number of rotatable bonds is 3. The van der Waals surface area contributed by atoms with Gasteiger partial charge in [0.25, 0.3) is 11.8 Å². The van der Waals surface area contributed by atoms with Gasteiger partial charge in [-0.1, -0.05) is 12.1 Å². The molecule has 0 aromatic heterocycles.